The Labute approximate surface area is 159 Å². The topological polar surface area (TPSA) is 20.2 Å². The van der Waals surface area contributed by atoms with E-state index in [1.165, 1.54) is 14.7 Å². The molecule has 1 nitrogen and oxygen atoms in total. The predicted molar refractivity (Wildman–Crippen MR) is 113 cm³/mol. The number of hydrogen-bond donors (Lipinski definition) is 1. The minimum atomic E-state index is -1.41. The van der Waals surface area contributed by atoms with Gasteiger partial charge in [0.25, 0.3) is 0 Å². The molecule has 0 saturated heterocycles. The largest absolute Gasteiger partial charge is 0.507 e. The molecule has 0 bridgehead atoms. The van der Waals surface area contributed by atoms with E-state index in [1.54, 1.807) is 0 Å². The van der Waals surface area contributed by atoms with Gasteiger partial charge >= 0.3 is 0 Å². The number of hydrogen-bond acceptors (Lipinski definition) is 1. The number of phenolic OH excluding ortho intramolecular Hbond substituents is 1. The molecule has 26 heavy (non-hydrogen) atoms. The van der Waals surface area contributed by atoms with Gasteiger partial charge in [0.15, 0.2) is 0 Å². The highest BCUT2D eigenvalue weighted by atomic mass is 32.3. The summed E-state index contributed by atoms with van der Waals surface area (Å²) in [5.41, 5.74) is 1.84. The minimum absolute atomic E-state index is 0.113. The quantitative estimate of drug-likeness (QED) is 0.535. The number of aromatic hydroxyl groups is 1. The van der Waals surface area contributed by atoms with Crippen LogP contribution in [-0.4, -0.2) is 11.4 Å². The molecule has 0 aliphatic rings. The molecule has 0 amide bonds. The van der Waals surface area contributed by atoms with Crippen molar-refractivity contribution in [3.05, 3.63) is 83.9 Å². The average molecular weight is 365 g/mol. The maximum atomic E-state index is 10.7. The van der Waals surface area contributed by atoms with Crippen molar-refractivity contribution in [1.82, 2.24) is 0 Å². The van der Waals surface area contributed by atoms with Crippen LogP contribution in [0.5, 0.6) is 5.75 Å². The van der Waals surface area contributed by atoms with Gasteiger partial charge in [0.05, 0.1) is 0 Å². The van der Waals surface area contributed by atoms with Crippen LogP contribution in [0, 0.1) is 6.92 Å². The van der Waals surface area contributed by atoms with E-state index in [0.29, 0.717) is 5.75 Å². The SMILES string of the molecule is Cc1cc(S(C)(c2ccccc2)c2ccccc2)cc(C(C)(C)C)c1O. The second-order valence-electron chi connectivity index (χ2n) is 7.93. The second-order valence-corrected chi connectivity index (χ2v) is 11.2. The van der Waals surface area contributed by atoms with E-state index in [2.05, 4.69) is 99.8 Å². The molecule has 136 valence electrons. The van der Waals surface area contributed by atoms with E-state index in [1.807, 2.05) is 6.92 Å². The van der Waals surface area contributed by atoms with Crippen molar-refractivity contribution in [2.75, 3.05) is 6.26 Å². The lowest BCUT2D eigenvalue weighted by Crippen LogP contribution is -2.13. The summed E-state index contributed by atoms with van der Waals surface area (Å²) in [4.78, 5) is 3.95. The molecule has 0 saturated carbocycles. The molecule has 0 aliphatic carbocycles. The normalized spacial score (nSPS) is 12.8. The molecule has 0 radical (unpaired) electrons. The molecule has 0 aromatic heterocycles. The molecule has 0 unspecified atom stereocenters. The van der Waals surface area contributed by atoms with Crippen LogP contribution in [0.2, 0.25) is 0 Å². The van der Waals surface area contributed by atoms with Crippen molar-refractivity contribution in [3.63, 3.8) is 0 Å². The Morgan fingerprint density at radius 2 is 1.19 bits per heavy atom. The van der Waals surface area contributed by atoms with Crippen molar-refractivity contribution in [2.24, 2.45) is 0 Å². The monoisotopic (exact) mass is 364 g/mol. The zero-order chi connectivity index (χ0) is 18.9. The summed E-state index contributed by atoms with van der Waals surface area (Å²) in [5.74, 6) is 0.420. The third-order valence-corrected chi connectivity index (χ3v) is 8.59. The zero-order valence-electron chi connectivity index (χ0n) is 16.3. The van der Waals surface area contributed by atoms with Crippen LogP contribution in [0.4, 0.5) is 0 Å². The van der Waals surface area contributed by atoms with Crippen LogP contribution in [0.25, 0.3) is 0 Å². The molecular weight excluding hydrogens is 336 g/mol. The lowest BCUT2D eigenvalue weighted by molar-refractivity contribution is 0.442. The first-order valence-electron chi connectivity index (χ1n) is 8.97. The summed E-state index contributed by atoms with van der Waals surface area (Å²) in [5, 5.41) is 10.7. The van der Waals surface area contributed by atoms with Gasteiger partial charge < -0.3 is 5.11 Å². The average Bonchev–Trinajstić information content (AvgIpc) is 2.63. The Kier molecular flexibility index (Phi) is 4.90. The Morgan fingerprint density at radius 3 is 1.62 bits per heavy atom. The van der Waals surface area contributed by atoms with Crippen molar-refractivity contribution < 1.29 is 5.11 Å². The van der Waals surface area contributed by atoms with Crippen molar-refractivity contribution in [1.29, 1.82) is 0 Å². The molecule has 0 heterocycles. The van der Waals surface area contributed by atoms with Gasteiger partial charge in [0.1, 0.15) is 5.75 Å². The van der Waals surface area contributed by atoms with Gasteiger partial charge in [-0.05, 0) is 75.2 Å². The molecule has 0 aliphatic heterocycles. The molecule has 0 fully saturated rings. The van der Waals surface area contributed by atoms with Gasteiger partial charge in [-0.1, -0.05) is 57.2 Å². The minimum Gasteiger partial charge on any atom is -0.507 e. The highest BCUT2D eigenvalue weighted by molar-refractivity contribution is 8.33. The van der Waals surface area contributed by atoms with Gasteiger partial charge in [0.2, 0.25) is 0 Å². The van der Waals surface area contributed by atoms with Crippen molar-refractivity contribution >= 4 is 10.0 Å². The number of aryl methyl sites for hydroxylation is 1. The molecule has 3 rings (SSSR count). The first kappa shape index (κ1) is 18.6. The van der Waals surface area contributed by atoms with Crippen LogP contribution in [0.1, 0.15) is 31.9 Å². The van der Waals surface area contributed by atoms with Crippen molar-refractivity contribution in [3.8, 4) is 5.75 Å². The van der Waals surface area contributed by atoms with E-state index in [9.17, 15) is 5.11 Å². The Balaban J connectivity index is 2.33. The maximum Gasteiger partial charge on any atom is 0.122 e. The van der Waals surface area contributed by atoms with Crippen LogP contribution in [0.3, 0.4) is 0 Å². The summed E-state index contributed by atoms with van der Waals surface area (Å²) in [7, 11) is -1.41. The Bertz CT molecular complexity index is 853. The molecule has 1 N–H and O–H groups in total. The number of rotatable bonds is 3. The summed E-state index contributed by atoms with van der Waals surface area (Å²) < 4.78 is 0. The van der Waals surface area contributed by atoms with Crippen LogP contribution < -0.4 is 0 Å². The van der Waals surface area contributed by atoms with E-state index in [0.717, 1.165) is 11.1 Å². The first-order valence-corrected chi connectivity index (χ1v) is 11.0. The van der Waals surface area contributed by atoms with E-state index in [-0.39, 0.29) is 5.41 Å². The maximum absolute atomic E-state index is 10.7. The third kappa shape index (κ3) is 3.26. The van der Waals surface area contributed by atoms with Gasteiger partial charge in [0, 0.05) is 5.56 Å². The molecule has 0 atom stereocenters. The summed E-state index contributed by atoms with van der Waals surface area (Å²) >= 11 is 0. The summed E-state index contributed by atoms with van der Waals surface area (Å²) in [6, 6.07) is 25.9. The number of phenols is 1. The van der Waals surface area contributed by atoms with Crippen molar-refractivity contribution in [2.45, 2.75) is 47.8 Å². The highest BCUT2D eigenvalue weighted by Crippen LogP contribution is 2.66. The van der Waals surface area contributed by atoms with Gasteiger partial charge in [-0.25, -0.2) is 0 Å². The fourth-order valence-electron chi connectivity index (χ4n) is 3.35. The van der Waals surface area contributed by atoms with E-state index < -0.39 is 10.0 Å². The Morgan fingerprint density at radius 1 is 0.731 bits per heavy atom. The lowest BCUT2D eigenvalue weighted by atomic mass is 9.85. The molecule has 2 heteroatoms. The molecule has 3 aromatic rings. The smallest absolute Gasteiger partial charge is 0.122 e. The van der Waals surface area contributed by atoms with E-state index >= 15 is 0 Å². The number of benzene rings is 3. The molecule has 0 spiro atoms. The van der Waals surface area contributed by atoms with Gasteiger partial charge in [-0.2, -0.15) is 10.0 Å². The predicted octanol–water partition coefficient (Wildman–Crippen LogP) is 6.91. The summed E-state index contributed by atoms with van der Waals surface area (Å²) in [6.07, 6.45) is 2.36. The Hall–Kier alpha value is -2.19. The molecule has 3 aromatic carbocycles. The highest BCUT2D eigenvalue weighted by Gasteiger charge is 2.29. The fraction of sp³-hybridized carbons (Fsp3) is 0.250. The third-order valence-electron chi connectivity index (χ3n) is 4.98. The second kappa shape index (κ2) is 6.85. The lowest BCUT2D eigenvalue weighted by Gasteiger charge is -2.39. The zero-order valence-corrected chi connectivity index (χ0v) is 17.1. The van der Waals surface area contributed by atoms with E-state index in [4.69, 9.17) is 0 Å². The van der Waals surface area contributed by atoms with Gasteiger partial charge in [-0.3, -0.25) is 0 Å². The van der Waals surface area contributed by atoms with Gasteiger partial charge in [-0.15, -0.1) is 0 Å². The van der Waals surface area contributed by atoms with Crippen LogP contribution >= 0.6 is 10.0 Å². The molecular formula is C24H28OS. The summed E-state index contributed by atoms with van der Waals surface area (Å²) in [6.45, 7) is 8.47. The first-order chi connectivity index (χ1) is 12.2. The van der Waals surface area contributed by atoms with Crippen LogP contribution in [-0.2, 0) is 5.41 Å². The van der Waals surface area contributed by atoms with Crippen LogP contribution in [0.15, 0.2) is 87.5 Å². The fourth-order valence-corrected chi connectivity index (χ4v) is 6.33. The standard InChI is InChI=1S/C24H28OS/c1-18-16-21(17-22(23(18)25)24(2,3)4)26(5,19-12-8-6-9-13-19)20-14-10-7-11-15-20/h6-17,25H,1-5H3.